The second-order valence-electron chi connectivity index (χ2n) is 7.16. The topological polar surface area (TPSA) is 38.7 Å². The van der Waals surface area contributed by atoms with Crippen LogP contribution in [0.5, 0.6) is 0 Å². The fraction of sp³-hybridized carbons (Fsp3) is 0. The molecule has 0 aliphatic heterocycles. The van der Waals surface area contributed by atoms with Crippen molar-refractivity contribution >= 4 is 15.9 Å². The van der Waals surface area contributed by atoms with Crippen molar-refractivity contribution in [1.82, 2.24) is 15.0 Å². The van der Waals surface area contributed by atoms with Gasteiger partial charge in [-0.15, -0.1) is 0 Å². The zero-order chi connectivity index (χ0) is 21.0. The van der Waals surface area contributed by atoms with E-state index in [0.29, 0.717) is 11.6 Å². The molecule has 0 saturated heterocycles. The second kappa shape index (κ2) is 8.62. The molecule has 148 valence electrons. The number of hydrogen-bond acceptors (Lipinski definition) is 3. The number of nitrogens with zero attached hydrogens (tertiary/aromatic N) is 3. The fourth-order valence-electron chi connectivity index (χ4n) is 3.50. The molecular formula is C27H18BrN3. The first kappa shape index (κ1) is 19.3. The van der Waals surface area contributed by atoms with E-state index in [1.54, 1.807) is 6.33 Å². The summed E-state index contributed by atoms with van der Waals surface area (Å²) in [6.07, 6.45) is 1.57. The molecule has 0 radical (unpaired) electrons. The Bertz CT molecular complexity index is 1320. The Kier molecular flexibility index (Phi) is 5.38. The first-order chi connectivity index (χ1) is 15.3. The maximum Gasteiger partial charge on any atom is 0.163 e. The van der Waals surface area contributed by atoms with Gasteiger partial charge in [0, 0.05) is 15.6 Å². The number of halogens is 1. The van der Waals surface area contributed by atoms with Crippen molar-refractivity contribution in [2.75, 3.05) is 0 Å². The van der Waals surface area contributed by atoms with E-state index in [4.69, 9.17) is 4.98 Å². The van der Waals surface area contributed by atoms with Crippen LogP contribution in [-0.4, -0.2) is 15.0 Å². The Morgan fingerprint density at radius 3 is 1.52 bits per heavy atom. The van der Waals surface area contributed by atoms with Crippen molar-refractivity contribution in [2.45, 2.75) is 0 Å². The van der Waals surface area contributed by atoms with Gasteiger partial charge in [-0.05, 0) is 34.4 Å². The van der Waals surface area contributed by atoms with E-state index in [-0.39, 0.29) is 0 Å². The maximum atomic E-state index is 4.70. The molecule has 4 aromatic carbocycles. The molecule has 0 unspecified atom stereocenters. The third-order valence-electron chi connectivity index (χ3n) is 5.12. The number of hydrogen-bond donors (Lipinski definition) is 0. The van der Waals surface area contributed by atoms with Gasteiger partial charge in [0.1, 0.15) is 6.33 Å². The van der Waals surface area contributed by atoms with Crippen molar-refractivity contribution in [3.05, 3.63) is 114 Å². The van der Waals surface area contributed by atoms with Crippen LogP contribution < -0.4 is 0 Å². The van der Waals surface area contributed by atoms with E-state index in [9.17, 15) is 0 Å². The summed E-state index contributed by atoms with van der Waals surface area (Å²) in [7, 11) is 0. The van der Waals surface area contributed by atoms with Crippen LogP contribution >= 0.6 is 15.9 Å². The summed E-state index contributed by atoms with van der Waals surface area (Å²) in [4.78, 5) is 13.5. The quantitative estimate of drug-likeness (QED) is 0.280. The minimum absolute atomic E-state index is 0.665. The van der Waals surface area contributed by atoms with Gasteiger partial charge in [-0.2, -0.15) is 0 Å². The smallest absolute Gasteiger partial charge is 0.163 e. The highest BCUT2D eigenvalue weighted by molar-refractivity contribution is 9.10. The third kappa shape index (κ3) is 4.30. The Morgan fingerprint density at radius 1 is 0.452 bits per heavy atom. The first-order valence-corrected chi connectivity index (χ1v) is 10.8. The lowest BCUT2D eigenvalue weighted by atomic mass is 10.0. The minimum atomic E-state index is 0.665. The first-order valence-electron chi connectivity index (χ1n) is 9.97. The lowest BCUT2D eigenvalue weighted by Gasteiger charge is -2.07. The van der Waals surface area contributed by atoms with Crippen molar-refractivity contribution < 1.29 is 0 Å². The Labute approximate surface area is 189 Å². The number of rotatable bonds is 4. The molecule has 0 aliphatic carbocycles. The summed E-state index contributed by atoms with van der Waals surface area (Å²) in [5, 5.41) is 0. The predicted octanol–water partition coefficient (Wildman–Crippen LogP) is 7.30. The summed E-state index contributed by atoms with van der Waals surface area (Å²) >= 11 is 3.53. The summed E-state index contributed by atoms with van der Waals surface area (Å²) in [6, 6.07) is 35.2. The lowest BCUT2D eigenvalue weighted by Crippen LogP contribution is -1.95. The van der Waals surface area contributed by atoms with E-state index < -0.39 is 0 Å². The zero-order valence-electron chi connectivity index (χ0n) is 16.6. The molecular weight excluding hydrogens is 446 g/mol. The Morgan fingerprint density at radius 2 is 0.935 bits per heavy atom. The van der Waals surface area contributed by atoms with Gasteiger partial charge in [0.25, 0.3) is 0 Å². The van der Waals surface area contributed by atoms with Gasteiger partial charge in [-0.3, -0.25) is 0 Å². The van der Waals surface area contributed by atoms with Gasteiger partial charge < -0.3 is 0 Å². The van der Waals surface area contributed by atoms with Gasteiger partial charge in [0.05, 0.1) is 0 Å². The van der Waals surface area contributed by atoms with E-state index >= 15 is 0 Å². The molecule has 0 amide bonds. The molecule has 5 aromatic rings. The number of benzene rings is 4. The van der Waals surface area contributed by atoms with Crippen molar-refractivity contribution in [2.24, 2.45) is 0 Å². The van der Waals surface area contributed by atoms with Crippen molar-refractivity contribution in [1.29, 1.82) is 0 Å². The molecule has 1 heterocycles. The summed E-state index contributed by atoms with van der Waals surface area (Å²) in [5.74, 6) is 1.33. The predicted molar refractivity (Wildman–Crippen MR) is 129 cm³/mol. The van der Waals surface area contributed by atoms with Crippen LogP contribution in [0.15, 0.2) is 114 Å². The average molecular weight is 464 g/mol. The molecule has 0 fully saturated rings. The van der Waals surface area contributed by atoms with Crippen molar-refractivity contribution in [3.8, 4) is 45.0 Å². The van der Waals surface area contributed by atoms with Crippen LogP contribution in [-0.2, 0) is 0 Å². The highest BCUT2D eigenvalue weighted by Crippen LogP contribution is 2.27. The monoisotopic (exact) mass is 463 g/mol. The third-order valence-corrected chi connectivity index (χ3v) is 5.62. The Balaban J connectivity index is 1.41. The van der Waals surface area contributed by atoms with Crippen LogP contribution in [0, 0.1) is 0 Å². The van der Waals surface area contributed by atoms with Crippen LogP contribution in [0.2, 0.25) is 0 Å². The van der Waals surface area contributed by atoms with Gasteiger partial charge >= 0.3 is 0 Å². The second-order valence-corrected chi connectivity index (χ2v) is 8.08. The molecule has 0 aliphatic rings. The standard InChI is InChI=1S/C27H18BrN3/c28-25-8-4-7-24(17-25)21-11-15-23(16-12-21)27-30-18-29-26(31-27)22-13-9-20(10-14-22)19-5-2-1-3-6-19/h1-18H. The molecule has 5 rings (SSSR count). The molecule has 0 bridgehead atoms. The molecule has 0 atom stereocenters. The van der Waals surface area contributed by atoms with Crippen molar-refractivity contribution in [3.63, 3.8) is 0 Å². The molecule has 3 nitrogen and oxygen atoms in total. The van der Waals surface area contributed by atoms with Gasteiger partial charge in [0.2, 0.25) is 0 Å². The van der Waals surface area contributed by atoms with E-state index in [1.807, 2.05) is 42.5 Å². The van der Waals surface area contributed by atoms with Crippen LogP contribution in [0.3, 0.4) is 0 Å². The highest BCUT2D eigenvalue weighted by atomic mass is 79.9. The van der Waals surface area contributed by atoms with Gasteiger partial charge in [-0.25, -0.2) is 15.0 Å². The largest absolute Gasteiger partial charge is 0.217 e. The summed E-state index contributed by atoms with van der Waals surface area (Å²) < 4.78 is 1.06. The van der Waals surface area contributed by atoms with Gasteiger partial charge in [0.15, 0.2) is 11.6 Å². The van der Waals surface area contributed by atoms with E-state index in [0.717, 1.165) is 26.7 Å². The fourth-order valence-corrected chi connectivity index (χ4v) is 3.90. The molecule has 31 heavy (non-hydrogen) atoms. The molecule has 1 aromatic heterocycles. The van der Waals surface area contributed by atoms with Gasteiger partial charge in [-0.1, -0.05) is 107 Å². The van der Waals surface area contributed by atoms with E-state index in [2.05, 4.69) is 86.6 Å². The van der Waals surface area contributed by atoms with Crippen LogP contribution in [0.1, 0.15) is 0 Å². The summed E-state index contributed by atoms with van der Waals surface area (Å²) in [6.45, 7) is 0. The Hall–Kier alpha value is -3.63. The normalized spacial score (nSPS) is 10.7. The molecule has 4 heteroatoms. The average Bonchev–Trinajstić information content (AvgIpc) is 2.85. The SMILES string of the molecule is Brc1cccc(-c2ccc(-c3ncnc(-c4ccc(-c5ccccc5)cc4)n3)cc2)c1. The van der Waals surface area contributed by atoms with Crippen LogP contribution in [0.4, 0.5) is 0 Å². The molecule has 0 saturated carbocycles. The zero-order valence-corrected chi connectivity index (χ0v) is 18.2. The number of aromatic nitrogens is 3. The van der Waals surface area contributed by atoms with Crippen LogP contribution in [0.25, 0.3) is 45.0 Å². The maximum absolute atomic E-state index is 4.70. The minimum Gasteiger partial charge on any atom is -0.217 e. The lowest BCUT2D eigenvalue weighted by molar-refractivity contribution is 1.07. The summed E-state index contributed by atoms with van der Waals surface area (Å²) in [5.41, 5.74) is 6.60. The highest BCUT2D eigenvalue weighted by Gasteiger charge is 2.08. The molecule has 0 N–H and O–H groups in total. The molecule has 0 spiro atoms. The van der Waals surface area contributed by atoms with E-state index in [1.165, 1.54) is 11.1 Å².